The second-order valence-corrected chi connectivity index (χ2v) is 8.05. The molecule has 3 rings (SSSR count). The van der Waals surface area contributed by atoms with Crippen LogP contribution in [0.5, 0.6) is 0 Å². The van der Waals surface area contributed by atoms with Crippen molar-refractivity contribution in [2.45, 2.75) is 27.2 Å². The average Bonchev–Trinajstić information content (AvgIpc) is 3.12. The van der Waals surface area contributed by atoms with Crippen LogP contribution in [0.15, 0.2) is 42.6 Å². The van der Waals surface area contributed by atoms with Crippen LogP contribution in [0.4, 0.5) is 0 Å². The minimum Gasteiger partial charge on any atom is -0.352 e. The molecule has 0 saturated carbocycles. The molecule has 0 unspecified atom stereocenters. The summed E-state index contributed by atoms with van der Waals surface area (Å²) in [6.45, 7) is 10.0. The van der Waals surface area contributed by atoms with Crippen molar-refractivity contribution in [3.8, 4) is 11.3 Å². The Bertz CT molecular complexity index is 830. The Balaban J connectivity index is 1.58. The summed E-state index contributed by atoms with van der Waals surface area (Å²) < 4.78 is 0. The molecular weight excluding hydrogens is 350 g/mol. The zero-order valence-electron chi connectivity index (χ0n) is 16.9. The summed E-state index contributed by atoms with van der Waals surface area (Å²) in [7, 11) is 0. The Hall–Kier alpha value is -2.53. The number of pyridine rings is 1. The van der Waals surface area contributed by atoms with Crippen molar-refractivity contribution < 1.29 is 9.59 Å². The van der Waals surface area contributed by atoms with E-state index in [9.17, 15) is 9.59 Å². The van der Waals surface area contributed by atoms with Crippen LogP contribution in [0.1, 0.15) is 47.9 Å². The Morgan fingerprint density at radius 2 is 2.00 bits per heavy atom. The molecule has 1 aromatic carbocycles. The summed E-state index contributed by atoms with van der Waals surface area (Å²) in [6, 6.07) is 11.0. The molecule has 1 fully saturated rings. The van der Waals surface area contributed by atoms with E-state index in [0.717, 1.165) is 31.6 Å². The Kier molecular flexibility index (Phi) is 6.57. The number of nitrogens with zero attached hydrogens (tertiary/aromatic N) is 2. The predicted molar refractivity (Wildman–Crippen MR) is 111 cm³/mol. The van der Waals surface area contributed by atoms with Gasteiger partial charge in [-0.15, -0.1) is 0 Å². The van der Waals surface area contributed by atoms with E-state index in [2.05, 4.69) is 29.0 Å². The van der Waals surface area contributed by atoms with E-state index in [1.54, 1.807) is 31.3 Å². The van der Waals surface area contributed by atoms with E-state index in [0.29, 0.717) is 35.2 Å². The maximum atomic E-state index is 12.5. The van der Waals surface area contributed by atoms with Gasteiger partial charge in [0.25, 0.3) is 5.91 Å². The lowest BCUT2D eigenvalue weighted by Crippen LogP contribution is -2.31. The van der Waals surface area contributed by atoms with Crippen molar-refractivity contribution in [3.63, 3.8) is 0 Å². The molecule has 0 aliphatic carbocycles. The van der Waals surface area contributed by atoms with E-state index in [1.165, 1.54) is 0 Å². The number of benzene rings is 1. The maximum Gasteiger partial charge on any atom is 0.252 e. The lowest BCUT2D eigenvalue weighted by molar-refractivity contribution is 0.0946. The third-order valence-corrected chi connectivity index (χ3v) is 5.15. The van der Waals surface area contributed by atoms with E-state index in [1.807, 2.05) is 18.2 Å². The van der Waals surface area contributed by atoms with Gasteiger partial charge in [0.05, 0.1) is 11.3 Å². The fourth-order valence-electron chi connectivity index (χ4n) is 3.80. The molecule has 2 aromatic rings. The minimum atomic E-state index is -0.0961. The second kappa shape index (κ2) is 9.11. The number of aromatic nitrogens is 1. The van der Waals surface area contributed by atoms with Gasteiger partial charge in [0.2, 0.25) is 0 Å². The number of amides is 1. The van der Waals surface area contributed by atoms with Gasteiger partial charge in [-0.05, 0) is 43.9 Å². The number of ketones is 1. The number of rotatable bonds is 7. The van der Waals surface area contributed by atoms with Crippen molar-refractivity contribution in [2.75, 3.05) is 26.2 Å². The highest BCUT2D eigenvalue weighted by molar-refractivity contribution is 6.00. The van der Waals surface area contributed by atoms with Crippen LogP contribution in [-0.4, -0.2) is 47.8 Å². The lowest BCUT2D eigenvalue weighted by atomic mass is 10.0. The number of nitrogens with one attached hydrogen (secondary N) is 1. The number of hydrogen-bond donors (Lipinski definition) is 1. The van der Waals surface area contributed by atoms with Gasteiger partial charge < -0.3 is 10.2 Å². The molecule has 1 aliphatic heterocycles. The van der Waals surface area contributed by atoms with Crippen LogP contribution in [0.2, 0.25) is 0 Å². The first-order valence-electron chi connectivity index (χ1n) is 10.0. The standard InChI is InChI=1S/C23H29N3O2/c1-16(2)14-26-11-10-18(15-26)12-25-23(28)19-8-9-22(24-13-19)21-7-5-4-6-20(21)17(3)27/h4-9,13,16,18H,10-12,14-15H2,1-3H3,(H,25,28)/t18-/m1/s1. The first kappa shape index (κ1) is 20.2. The first-order valence-corrected chi connectivity index (χ1v) is 10.0. The molecule has 1 atom stereocenters. The van der Waals surface area contributed by atoms with Crippen molar-refractivity contribution in [1.29, 1.82) is 0 Å². The quantitative estimate of drug-likeness (QED) is 0.746. The highest BCUT2D eigenvalue weighted by Crippen LogP contribution is 2.22. The molecule has 0 spiro atoms. The van der Waals surface area contributed by atoms with E-state index in [-0.39, 0.29) is 11.7 Å². The smallest absolute Gasteiger partial charge is 0.252 e. The van der Waals surface area contributed by atoms with Gasteiger partial charge in [-0.25, -0.2) is 0 Å². The average molecular weight is 380 g/mol. The molecule has 1 amide bonds. The molecule has 5 nitrogen and oxygen atoms in total. The molecular formula is C23H29N3O2. The van der Waals surface area contributed by atoms with Crippen molar-refractivity contribution >= 4 is 11.7 Å². The lowest BCUT2D eigenvalue weighted by Gasteiger charge is -2.18. The largest absolute Gasteiger partial charge is 0.352 e. The summed E-state index contributed by atoms with van der Waals surface area (Å²) in [5.41, 5.74) is 2.67. The Morgan fingerprint density at radius 1 is 1.21 bits per heavy atom. The Morgan fingerprint density at radius 3 is 2.68 bits per heavy atom. The van der Waals surface area contributed by atoms with E-state index >= 15 is 0 Å². The highest BCUT2D eigenvalue weighted by Gasteiger charge is 2.23. The van der Waals surface area contributed by atoms with Gasteiger partial charge in [-0.3, -0.25) is 14.6 Å². The summed E-state index contributed by atoms with van der Waals surface area (Å²) in [6.07, 6.45) is 2.72. The summed E-state index contributed by atoms with van der Waals surface area (Å²) in [5.74, 6) is 1.09. The Labute approximate surface area is 167 Å². The number of Topliss-reactive ketones (excluding diaryl/α,β-unsaturated/α-hetero) is 1. The summed E-state index contributed by atoms with van der Waals surface area (Å²) in [4.78, 5) is 31.2. The number of carbonyl (C=O) groups is 2. The van der Waals surface area contributed by atoms with Gasteiger partial charge in [0.1, 0.15) is 0 Å². The van der Waals surface area contributed by atoms with Crippen LogP contribution in [0.25, 0.3) is 11.3 Å². The van der Waals surface area contributed by atoms with Gasteiger partial charge in [-0.1, -0.05) is 38.1 Å². The zero-order chi connectivity index (χ0) is 20.1. The van der Waals surface area contributed by atoms with Gasteiger partial charge >= 0.3 is 0 Å². The SMILES string of the molecule is CC(=O)c1ccccc1-c1ccc(C(=O)NC[C@H]2CCN(CC(C)C)C2)cn1. The zero-order valence-corrected chi connectivity index (χ0v) is 16.9. The van der Waals surface area contributed by atoms with Crippen molar-refractivity contribution in [1.82, 2.24) is 15.2 Å². The van der Waals surface area contributed by atoms with Gasteiger partial charge in [0, 0.05) is 37.0 Å². The number of carbonyl (C=O) groups excluding carboxylic acids is 2. The van der Waals surface area contributed by atoms with Gasteiger partial charge in [-0.2, -0.15) is 0 Å². The van der Waals surface area contributed by atoms with Crippen LogP contribution >= 0.6 is 0 Å². The molecule has 1 aromatic heterocycles. The van der Waals surface area contributed by atoms with Crippen LogP contribution in [0, 0.1) is 11.8 Å². The van der Waals surface area contributed by atoms with E-state index in [4.69, 9.17) is 0 Å². The van der Waals surface area contributed by atoms with Crippen LogP contribution < -0.4 is 5.32 Å². The number of likely N-dealkylation sites (tertiary alicyclic amines) is 1. The van der Waals surface area contributed by atoms with Gasteiger partial charge in [0.15, 0.2) is 5.78 Å². The molecule has 0 radical (unpaired) electrons. The van der Waals surface area contributed by atoms with Crippen LogP contribution in [0.3, 0.4) is 0 Å². The fraction of sp³-hybridized carbons (Fsp3) is 0.435. The molecule has 0 bridgehead atoms. The molecule has 5 heteroatoms. The van der Waals surface area contributed by atoms with E-state index < -0.39 is 0 Å². The van der Waals surface area contributed by atoms with Crippen molar-refractivity contribution in [2.24, 2.45) is 11.8 Å². The molecule has 148 valence electrons. The molecule has 2 heterocycles. The third kappa shape index (κ3) is 5.04. The maximum absolute atomic E-state index is 12.5. The third-order valence-electron chi connectivity index (χ3n) is 5.15. The molecule has 1 N–H and O–H groups in total. The summed E-state index contributed by atoms with van der Waals surface area (Å²) in [5, 5.41) is 3.04. The molecule has 1 saturated heterocycles. The monoisotopic (exact) mass is 379 g/mol. The minimum absolute atomic E-state index is 0.00212. The molecule has 1 aliphatic rings. The highest BCUT2D eigenvalue weighted by atomic mass is 16.1. The topological polar surface area (TPSA) is 62.3 Å². The normalized spacial score (nSPS) is 17.1. The second-order valence-electron chi connectivity index (χ2n) is 8.05. The number of hydrogen-bond acceptors (Lipinski definition) is 4. The van der Waals surface area contributed by atoms with Crippen molar-refractivity contribution in [3.05, 3.63) is 53.7 Å². The predicted octanol–water partition coefficient (Wildman–Crippen LogP) is 3.66. The summed E-state index contributed by atoms with van der Waals surface area (Å²) >= 11 is 0. The molecule has 28 heavy (non-hydrogen) atoms. The fourth-order valence-corrected chi connectivity index (χ4v) is 3.80. The first-order chi connectivity index (χ1) is 13.4. The van der Waals surface area contributed by atoms with Crippen LogP contribution in [-0.2, 0) is 0 Å².